The number of hydrogen-bond donors (Lipinski definition) is 1. The Balaban J connectivity index is 2.80. The second-order valence-corrected chi connectivity index (χ2v) is 6.15. The van der Waals surface area contributed by atoms with Gasteiger partial charge in [0.1, 0.15) is 12.1 Å². The van der Waals surface area contributed by atoms with Crippen LogP contribution in [0.15, 0.2) is 30.3 Å². The zero-order chi connectivity index (χ0) is 17.5. The van der Waals surface area contributed by atoms with Gasteiger partial charge in [0.05, 0.1) is 0 Å². The van der Waals surface area contributed by atoms with Crippen molar-refractivity contribution in [2.24, 2.45) is 0 Å². The van der Waals surface area contributed by atoms with Crippen molar-refractivity contribution < 1.29 is 24.2 Å². The fraction of sp³-hybridized carbons (Fsp3) is 0.471. The van der Waals surface area contributed by atoms with Gasteiger partial charge in [-0.2, -0.15) is 0 Å². The lowest BCUT2D eigenvalue weighted by atomic mass is 10.2. The second-order valence-electron chi connectivity index (χ2n) is 6.15. The first kappa shape index (κ1) is 18.7. The van der Waals surface area contributed by atoms with Crippen LogP contribution in [0.5, 0.6) is 0 Å². The highest BCUT2D eigenvalue weighted by Crippen LogP contribution is 2.17. The van der Waals surface area contributed by atoms with E-state index >= 15 is 0 Å². The summed E-state index contributed by atoms with van der Waals surface area (Å²) in [4.78, 5) is 36.3. The summed E-state index contributed by atoms with van der Waals surface area (Å²) in [6.45, 7) is 5.07. The number of benzene rings is 1. The Morgan fingerprint density at radius 3 is 2.22 bits per heavy atom. The summed E-state index contributed by atoms with van der Waals surface area (Å²) >= 11 is 0. The van der Waals surface area contributed by atoms with Gasteiger partial charge in [0.2, 0.25) is 5.91 Å². The van der Waals surface area contributed by atoms with Crippen LogP contribution in [0, 0.1) is 0 Å². The number of rotatable bonds is 7. The number of carbonyl (C=O) groups is 3. The monoisotopic (exact) mass is 321 g/mol. The maximum Gasteiger partial charge on any atom is 0.326 e. The van der Waals surface area contributed by atoms with Crippen LogP contribution < -0.4 is 4.90 Å². The van der Waals surface area contributed by atoms with E-state index in [0.717, 1.165) is 0 Å². The number of anilines is 1. The van der Waals surface area contributed by atoms with E-state index < -0.39 is 17.5 Å². The molecule has 0 spiro atoms. The van der Waals surface area contributed by atoms with Crippen LogP contribution in [-0.4, -0.2) is 35.1 Å². The van der Waals surface area contributed by atoms with Crippen molar-refractivity contribution in [2.45, 2.75) is 45.6 Å². The molecule has 6 heteroatoms. The number of carboxylic acid groups (broad SMARTS) is 1. The molecule has 126 valence electrons. The molecule has 0 aromatic heterocycles. The van der Waals surface area contributed by atoms with Crippen molar-refractivity contribution in [3.05, 3.63) is 30.3 Å². The molecule has 1 amide bonds. The molecule has 23 heavy (non-hydrogen) atoms. The SMILES string of the molecule is CC(C)(C)OC(=O)CN(C(=O)CCCC(=O)O)c1ccccc1. The topological polar surface area (TPSA) is 83.9 Å². The molecule has 1 N–H and O–H groups in total. The van der Waals surface area contributed by atoms with E-state index in [0.29, 0.717) is 5.69 Å². The van der Waals surface area contributed by atoms with Crippen LogP contribution in [0.2, 0.25) is 0 Å². The molecule has 0 unspecified atom stereocenters. The number of esters is 1. The average Bonchev–Trinajstić information content (AvgIpc) is 2.43. The van der Waals surface area contributed by atoms with Gasteiger partial charge in [-0.05, 0) is 39.3 Å². The molecule has 1 aromatic rings. The highest BCUT2D eigenvalue weighted by Gasteiger charge is 2.23. The summed E-state index contributed by atoms with van der Waals surface area (Å²) in [5, 5.41) is 8.66. The molecule has 0 saturated heterocycles. The Bertz CT molecular complexity index is 548. The summed E-state index contributed by atoms with van der Waals surface area (Å²) in [5.41, 5.74) is -0.0510. The van der Waals surface area contributed by atoms with E-state index in [1.165, 1.54) is 4.90 Å². The number of nitrogens with zero attached hydrogens (tertiary/aromatic N) is 1. The summed E-state index contributed by atoms with van der Waals surface area (Å²) < 4.78 is 5.26. The van der Waals surface area contributed by atoms with Crippen LogP contribution in [-0.2, 0) is 19.1 Å². The van der Waals surface area contributed by atoms with E-state index in [1.807, 2.05) is 6.07 Å². The minimum absolute atomic E-state index is 0.0595. The van der Waals surface area contributed by atoms with Gasteiger partial charge in [-0.3, -0.25) is 14.4 Å². The van der Waals surface area contributed by atoms with Gasteiger partial charge in [-0.15, -0.1) is 0 Å². The third kappa shape index (κ3) is 7.44. The molecule has 0 aliphatic heterocycles. The zero-order valence-corrected chi connectivity index (χ0v) is 13.7. The number of amides is 1. The number of hydrogen-bond acceptors (Lipinski definition) is 4. The Hall–Kier alpha value is -2.37. The normalized spacial score (nSPS) is 10.9. The number of para-hydroxylation sites is 1. The van der Waals surface area contributed by atoms with E-state index in [-0.39, 0.29) is 31.7 Å². The maximum absolute atomic E-state index is 12.4. The van der Waals surface area contributed by atoms with Crippen molar-refractivity contribution in [3.63, 3.8) is 0 Å². The Labute approximate surface area is 136 Å². The lowest BCUT2D eigenvalue weighted by molar-refractivity contribution is -0.153. The molecule has 1 aromatic carbocycles. The van der Waals surface area contributed by atoms with Gasteiger partial charge >= 0.3 is 11.9 Å². The Kier molecular flexibility index (Phi) is 6.75. The van der Waals surface area contributed by atoms with Gasteiger partial charge in [-0.25, -0.2) is 0 Å². The van der Waals surface area contributed by atoms with Gasteiger partial charge < -0.3 is 14.7 Å². The lowest BCUT2D eigenvalue weighted by Crippen LogP contribution is -2.38. The Morgan fingerprint density at radius 2 is 1.70 bits per heavy atom. The third-order valence-corrected chi connectivity index (χ3v) is 2.86. The predicted molar refractivity (Wildman–Crippen MR) is 86.1 cm³/mol. The fourth-order valence-electron chi connectivity index (χ4n) is 1.96. The van der Waals surface area contributed by atoms with Crippen LogP contribution >= 0.6 is 0 Å². The highest BCUT2D eigenvalue weighted by molar-refractivity contribution is 5.97. The third-order valence-electron chi connectivity index (χ3n) is 2.86. The van der Waals surface area contributed by atoms with Crippen molar-refractivity contribution in [1.82, 2.24) is 0 Å². The predicted octanol–water partition coefficient (Wildman–Crippen LogP) is 2.62. The van der Waals surface area contributed by atoms with Crippen molar-refractivity contribution in [3.8, 4) is 0 Å². The highest BCUT2D eigenvalue weighted by atomic mass is 16.6. The molecule has 0 aliphatic carbocycles. The summed E-state index contributed by atoms with van der Waals surface area (Å²) in [6, 6.07) is 8.78. The van der Waals surface area contributed by atoms with E-state index in [2.05, 4.69) is 0 Å². The molecule has 0 saturated carbocycles. The van der Waals surface area contributed by atoms with Crippen molar-refractivity contribution in [1.29, 1.82) is 0 Å². The summed E-state index contributed by atoms with van der Waals surface area (Å²) in [5.74, 6) is -1.76. The number of ether oxygens (including phenoxy) is 1. The van der Waals surface area contributed by atoms with Crippen LogP contribution in [0.25, 0.3) is 0 Å². The Morgan fingerprint density at radius 1 is 1.09 bits per heavy atom. The quantitative estimate of drug-likeness (QED) is 0.780. The number of aliphatic carboxylic acids is 1. The molecule has 0 fully saturated rings. The molecule has 0 atom stereocenters. The largest absolute Gasteiger partial charge is 0.481 e. The molecule has 0 aliphatic rings. The van der Waals surface area contributed by atoms with Crippen LogP contribution in [0.3, 0.4) is 0 Å². The van der Waals surface area contributed by atoms with Crippen LogP contribution in [0.1, 0.15) is 40.0 Å². The van der Waals surface area contributed by atoms with E-state index in [9.17, 15) is 14.4 Å². The molecule has 0 heterocycles. The first-order chi connectivity index (χ1) is 10.7. The zero-order valence-electron chi connectivity index (χ0n) is 13.7. The van der Waals surface area contributed by atoms with Gasteiger partial charge in [0, 0.05) is 18.5 Å². The standard InChI is InChI=1S/C17H23NO5/c1-17(2,3)23-16(22)12-18(13-8-5-4-6-9-13)14(19)10-7-11-15(20)21/h4-6,8-9H,7,10-12H2,1-3H3,(H,20,21). The molecule has 1 rings (SSSR count). The van der Waals surface area contributed by atoms with Gasteiger partial charge in [-0.1, -0.05) is 18.2 Å². The summed E-state index contributed by atoms with van der Waals surface area (Å²) in [7, 11) is 0. The molecule has 6 nitrogen and oxygen atoms in total. The first-order valence-electron chi connectivity index (χ1n) is 7.48. The number of carboxylic acids is 1. The molecule has 0 bridgehead atoms. The first-order valence-corrected chi connectivity index (χ1v) is 7.48. The molecule has 0 radical (unpaired) electrons. The lowest BCUT2D eigenvalue weighted by Gasteiger charge is -2.25. The smallest absolute Gasteiger partial charge is 0.326 e. The van der Waals surface area contributed by atoms with Crippen molar-refractivity contribution >= 4 is 23.5 Å². The average molecular weight is 321 g/mol. The van der Waals surface area contributed by atoms with Crippen LogP contribution in [0.4, 0.5) is 5.69 Å². The van der Waals surface area contributed by atoms with E-state index in [1.54, 1.807) is 45.0 Å². The number of carbonyl (C=O) groups excluding carboxylic acids is 2. The fourth-order valence-corrected chi connectivity index (χ4v) is 1.96. The maximum atomic E-state index is 12.4. The second kappa shape index (κ2) is 8.31. The molecular weight excluding hydrogens is 298 g/mol. The minimum atomic E-state index is -0.948. The van der Waals surface area contributed by atoms with Crippen molar-refractivity contribution in [2.75, 3.05) is 11.4 Å². The minimum Gasteiger partial charge on any atom is -0.481 e. The summed E-state index contributed by atoms with van der Waals surface area (Å²) in [6.07, 6.45) is 0.205. The van der Waals surface area contributed by atoms with Gasteiger partial charge in [0.25, 0.3) is 0 Å². The molecular formula is C17H23NO5. The van der Waals surface area contributed by atoms with Gasteiger partial charge in [0.15, 0.2) is 0 Å². The van der Waals surface area contributed by atoms with E-state index in [4.69, 9.17) is 9.84 Å².